The summed E-state index contributed by atoms with van der Waals surface area (Å²) in [5, 5.41) is 0. The molecular weight excluding hydrogens is 330 g/mol. The van der Waals surface area contributed by atoms with Crippen LogP contribution in [0.15, 0.2) is 0 Å². The summed E-state index contributed by atoms with van der Waals surface area (Å²) in [7, 11) is -4.64. The van der Waals surface area contributed by atoms with Crippen molar-refractivity contribution in [2.45, 2.75) is 0 Å². The van der Waals surface area contributed by atoms with Crippen molar-refractivity contribution in [2.24, 2.45) is 0 Å². The van der Waals surface area contributed by atoms with Gasteiger partial charge in [0, 0.05) is 4.70 Å². The monoisotopic (exact) mass is 335 g/mol. The summed E-state index contributed by atoms with van der Waals surface area (Å²) in [6.07, 6.45) is 0. The average molecular weight is 335 g/mol. The quantitative estimate of drug-likeness (QED) is 0.344. The molecule has 0 saturated carbocycles. The van der Waals surface area contributed by atoms with Crippen molar-refractivity contribution in [2.75, 3.05) is 0 Å². The van der Waals surface area contributed by atoms with E-state index in [0.717, 1.165) is 0 Å². The third-order valence-corrected chi connectivity index (χ3v) is 2.92. The van der Waals surface area contributed by atoms with Crippen molar-refractivity contribution in [3.8, 4) is 0 Å². The second-order valence-electron chi connectivity index (χ2n) is 1.44. The van der Waals surface area contributed by atoms with Crippen LogP contribution in [-0.2, 0) is 49.8 Å². The molecule has 95 valence electrons. The van der Waals surface area contributed by atoms with Gasteiger partial charge < -0.3 is 14.7 Å². The summed E-state index contributed by atoms with van der Waals surface area (Å²) in [5.41, 5.74) is 0. The first-order chi connectivity index (χ1) is 5.71. The molecule has 0 bridgehead atoms. The van der Waals surface area contributed by atoms with Crippen molar-refractivity contribution in [1.29, 1.82) is 0 Å². The summed E-state index contributed by atoms with van der Waals surface area (Å²) in [6.45, 7) is 0. The molecule has 11 nitrogen and oxygen atoms in total. The molecule has 0 rings (SSSR count). The molecule has 0 aromatic heterocycles. The number of halogens is 1. The van der Waals surface area contributed by atoms with Gasteiger partial charge in [0.25, 0.3) is 0 Å². The molecule has 0 aliphatic carbocycles. The van der Waals surface area contributed by atoms with Gasteiger partial charge in [-0.2, -0.15) is 0 Å². The molecule has 15 heteroatoms. The third-order valence-electron chi connectivity index (χ3n) is 0.172. The predicted molar refractivity (Wildman–Crippen MR) is 23.6 cm³/mol. The maximum atomic E-state index is 9.53. The van der Waals surface area contributed by atoms with E-state index in [1.165, 1.54) is 0 Å². The Morgan fingerprint density at radius 3 is 1.00 bits per heavy atom. The molecule has 0 unspecified atom stereocenters. The van der Waals surface area contributed by atoms with Crippen molar-refractivity contribution in [3.05, 3.63) is 0 Å². The molecule has 0 aliphatic rings. The van der Waals surface area contributed by atoms with E-state index in [1.807, 2.05) is 0 Å². The standard InChI is InChI=1S/2Cr.F.H3O4P.2H2O.5O/c;;;1-5(2,3)4;;;;;;;/h;;;(H3,1,2,3,4);2*1H2;;;;;/q2*+1;;;;;;;;;/p-2. The van der Waals surface area contributed by atoms with Gasteiger partial charge in [-0.1, -0.05) is 0 Å². The molecule has 1 radical (unpaired) electrons. The van der Waals surface area contributed by atoms with Crippen LogP contribution in [0.1, 0.15) is 0 Å². The maximum absolute atomic E-state index is 9.53. The van der Waals surface area contributed by atoms with E-state index in [9.17, 15) is 15.2 Å². The van der Waals surface area contributed by atoms with Crippen LogP contribution in [-0.4, -0.2) is 23.0 Å². The molecule has 0 aliphatic heterocycles. The molecule has 5 N–H and O–H groups in total. The van der Waals surface area contributed by atoms with Gasteiger partial charge >= 0.3 is 61.4 Å². The van der Waals surface area contributed by atoms with Crippen molar-refractivity contribution in [3.63, 3.8) is 0 Å². The first-order valence-electron chi connectivity index (χ1n) is 2.15. The van der Waals surface area contributed by atoms with Crippen LogP contribution >= 0.6 is 7.82 Å². The Kier molecular flexibility index (Phi) is 9.19. The van der Waals surface area contributed by atoms with Crippen molar-refractivity contribution < 1.29 is 77.5 Å². The van der Waals surface area contributed by atoms with Gasteiger partial charge in [-0.15, -0.1) is 0 Å². The summed E-state index contributed by atoms with van der Waals surface area (Å²) >= 11 is -11.5. The molecular formula is H5Cr2FO11P. The SMILES string of the molecule is O=P(O)(O)O.[F].[O]=[Cr](=[O])([OH])[O][Cr](=[O])(=[O])[OH]. The zero-order valence-electron chi connectivity index (χ0n) is 6.33. The molecule has 0 heterocycles. The van der Waals surface area contributed by atoms with Crippen LogP contribution in [0.3, 0.4) is 0 Å². The van der Waals surface area contributed by atoms with Crippen molar-refractivity contribution in [1.82, 2.24) is 0 Å². The van der Waals surface area contributed by atoms with E-state index >= 15 is 0 Å². The average Bonchev–Trinajstić information content (AvgIpc) is 1.42. The van der Waals surface area contributed by atoms with E-state index in [2.05, 4.69) is 2.84 Å². The number of hydrogen-bond acceptors (Lipinski definition) is 6. The fraction of sp³-hybridized carbons (Fsp3) is 0. The Bertz CT molecular complexity index is 356. The van der Waals surface area contributed by atoms with E-state index in [4.69, 9.17) is 27.6 Å². The predicted octanol–water partition coefficient (Wildman–Crippen LogP) is -2.17. The van der Waals surface area contributed by atoms with E-state index < -0.39 is 35.1 Å². The van der Waals surface area contributed by atoms with E-state index in [0.29, 0.717) is 0 Å². The molecule has 0 spiro atoms. The minimum atomic E-state index is -5.76. The molecule has 0 aromatic carbocycles. The van der Waals surface area contributed by atoms with Gasteiger partial charge in [0.15, 0.2) is 0 Å². The molecule has 0 amide bonds. The minimum absolute atomic E-state index is 0. The topological polar surface area (TPSA) is 196 Å². The van der Waals surface area contributed by atoms with Crippen LogP contribution < -0.4 is 0 Å². The molecule has 15 heavy (non-hydrogen) atoms. The van der Waals surface area contributed by atoms with E-state index in [1.54, 1.807) is 0 Å². The summed E-state index contributed by atoms with van der Waals surface area (Å²) < 4.78 is 65.1. The molecule has 0 aromatic rings. The summed E-state index contributed by atoms with van der Waals surface area (Å²) in [4.78, 5) is 21.6. The molecule has 0 fully saturated rings. The Labute approximate surface area is 85.7 Å². The van der Waals surface area contributed by atoms with Crippen LogP contribution in [0.5, 0.6) is 0 Å². The number of hydrogen-bond donors (Lipinski definition) is 5. The van der Waals surface area contributed by atoms with Gasteiger partial charge in [0.2, 0.25) is 0 Å². The van der Waals surface area contributed by atoms with Gasteiger partial charge in [-0.25, -0.2) is 4.57 Å². The fourth-order valence-electron chi connectivity index (χ4n) is 0.109. The Balaban J connectivity index is -0.000000208. The van der Waals surface area contributed by atoms with Gasteiger partial charge in [-0.05, 0) is 0 Å². The van der Waals surface area contributed by atoms with Gasteiger partial charge in [0.05, 0.1) is 0 Å². The zero-order valence-corrected chi connectivity index (χ0v) is 9.77. The summed E-state index contributed by atoms with van der Waals surface area (Å²) in [5.74, 6) is 0. The Morgan fingerprint density at radius 2 is 1.00 bits per heavy atom. The van der Waals surface area contributed by atoms with Gasteiger partial charge in [0.1, 0.15) is 0 Å². The second kappa shape index (κ2) is 6.70. The van der Waals surface area contributed by atoms with Crippen LogP contribution in [0.25, 0.3) is 0 Å². The Hall–Kier alpha value is 0.185. The molecule has 0 atom stereocenters. The zero-order chi connectivity index (χ0) is 12.2. The number of phosphoric acid groups is 1. The third kappa shape index (κ3) is 55.1. The number of rotatable bonds is 2. The second-order valence-corrected chi connectivity index (χ2v) is 6.22. The van der Waals surface area contributed by atoms with Crippen LogP contribution in [0.4, 0.5) is 4.70 Å². The normalized spacial score (nSPS) is 12.1. The first-order valence-corrected chi connectivity index (χ1v) is 7.98. The first kappa shape index (κ1) is 20.6. The van der Waals surface area contributed by atoms with Crippen molar-refractivity contribution >= 4 is 7.82 Å². The van der Waals surface area contributed by atoms with Gasteiger partial charge in [-0.3, -0.25) is 0 Å². The fourth-order valence-corrected chi connectivity index (χ4v) is 1.85. The molecule has 0 saturated heterocycles. The van der Waals surface area contributed by atoms with E-state index in [-0.39, 0.29) is 4.70 Å². The summed E-state index contributed by atoms with van der Waals surface area (Å²) in [6, 6.07) is 0. The van der Waals surface area contributed by atoms with Crippen LogP contribution in [0, 0.1) is 0 Å². The van der Waals surface area contributed by atoms with Crippen LogP contribution in [0.2, 0.25) is 0 Å². The Morgan fingerprint density at radius 1 is 0.867 bits per heavy atom.